The SMILES string of the molecule is c1ccc(-c2cc(-c3ccc4c(c3)oc3ccccc34)nc(-c3cccc(-c4cccc5c4c4ccccc4n5-c4ccccc4)c3)n2)cc1. The summed E-state index contributed by atoms with van der Waals surface area (Å²) in [6.07, 6.45) is 0. The Morgan fingerprint density at radius 3 is 1.90 bits per heavy atom. The average molecular weight is 640 g/mol. The zero-order valence-corrected chi connectivity index (χ0v) is 27.0. The molecule has 0 saturated heterocycles. The first-order chi connectivity index (χ1) is 24.8. The van der Waals surface area contributed by atoms with Gasteiger partial charge in [-0.25, -0.2) is 9.97 Å². The van der Waals surface area contributed by atoms with Crippen molar-refractivity contribution in [3.05, 3.63) is 176 Å². The van der Waals surface area contributed by atoms with Gasteiger partial charge in [0.05, 0.1) is 22.4 Å². The molecule has 4 nitrogen and oxygen atoms in total. The molecular weight excluding hydrogens is 611 g/mol. The molecule has 10 rings (SSSR count). The van der Waals surface area contributed by atoms with Gasteiger partial charge in [0.15, 0.2) is 5.82 Å². The van der Waals surface area contributed by atoms with Crippen LogP contribution in [0.1, 0.15) is 0 Å². The number of aromatic nitrogens is 3. The van der Waals surface area contributed by atoms with Gasteiger partial charge in [0.1, 0.15) is 11.2 Å². The predicted molar refractivity (Wildman–Crippen MR) is 205 cm³/mol. The average Bonchev–Trinajstić information content (AvgIpc) is 3.74. The van der Waals surface area contributed by atoms with Crippen LogP contribution in [0.3, 0.4) is 0 Å². The maximum Gasteiger partial charge on any atom is 0.160 e. The predicted octanol–water partition coefficient (Wildman–Crippen LogP) is 12.1. The van der Waals surface area contributed by atoms with Crippen LogP contribution in [0.2, 0.25) is 0 Å². The third-order valence-electron chi connectivity index (χ3n) is 9.61. The van der Waals surface area contributed by atoms with E-state index in [0.717, 1.165) is 61.3 Å². The molecule has 3 heterocycles. The minimum absolute atomic E-state index is 0.673. The molecule has 0 radical (unpaired) electrons. The fourth-order valence-corrected chi connectivity index (χ4v) is 7.31. The largest absolute Gasteiger partial charge is 0.456 e. The Hall–Kier alpha value is -6.78. The zero-order chi connectivity index (χ0) is 33.0. The lowest BCUT2D eigenvalue weighted by atomic mass is 9.97. The molecule has 4 heteroatoms. The fourth-order valence-electron chi connectivity index (χ4n) is 7.31. The van der Waals surface area contributed by atoms with Crippen molar-refractivity contribution in [2.24, 2.45) is 0 Å². The van der Waals surface area contributed by atoms with Crippen molar-refractivity contribution >= 4 is 43.7 Å². The fraction of sp³-hybridized carbons (Fsp3) is 0. The number of benzene rings is 7. The van der Waals surface area contributed by atoms with Gasteiger partial charge in [-0.2, -0.15) is 0 Å². The van der Waals surface area contributed by atoms with E-state index in [9.17, 15) is 0 Å². The highest BCUT2D eigenvalue weighted by Crippen LogP contribution is 2.40. The Morgan fingerprint density at radius 2 is 1.04 bits per heavy atom. The smallest absolute Gasteiger partial charge is 0.160 e. The molecule has 50 heavy (non-hydrogen) atoms. The molecule has 0 atom stereocenters. The molecule has 0 amide bonds. The number of hydrogen-bond acceptors (Lipinski definition) is 3. The third kappa shape index (κ3) is 4.61. The van der Waals surface area contributed by atoms with Crippen molar-refractivity contribution < 1.29 is 4.42 Å². The lowest BCUT2D eigenvalue weighted by Gasteiger charge is -2.11. The Balaban J connectivity index is 1.15. The zero-order valence-electron chi connectivity index (χ0n) is 27.0. The van der Waals surface area contributed by atoms with Crippen molar-refractivity contribution in [2.75, 3.05) is 0 Å². The summed E-state index contributed by atoms with van der Waals surface area (Å²) in [4.78, 5) is 10.3. The minimum atomic E-state index is 0.673. The van der Waals surface area contributed by atoms with Gasteiger partial charge >= 0.3 is 0 Å². The summed E-state index contributed by atoms with van der Waals surface area (Å²) in [5.74, 6) is 0.673. The van der Waals surface area contributed by atoms with Crippen molar-refractivity contribution in [1.82, 2.24) is 14.5 Å². The second-order valence-corrected chi connectivity index (χ2v) is 12.6. The summed E-state index contributed by atoms with van der Waals surface area (Å²) >= 11 is 0. The monoisotopic (exact) mass is 639 g/mol. The summed E-state index contributed by atoms with van der Waals surface area (Å²) in [6.45, 7) is 0. The van der Waals surface area contributed by atoms with E-state index in [1.807, 2.05) is 36.4 Å². The maximum absolute atomic E-state index is 6.26. The summed E-state index contributed by atoms with van der Waals surface area (Å²) < 4.78 is 8.62. The lowest BCUT2D eigenvalue weighted by molar-refractivity contribution is 0.669. The van der Waals surface area contributed by atoms with E-state index >= 15 is 0 Å². The third-order valence-corrected chi connectivity index (χ3v) is 9.61. The van der Waals surface area contributed by atoms with Crippen LogP contribution in [0, 0.1) is 0 Å². The first-order valence-corrected chi connectivity index (χ1v) is 16.8. The van der Waals surface area contributed by atoms with Gasteiger partial charge in [0, 0.05) is 43.9 Å². The number of hydrogen-bond donors (Lipinski definition) is 0. The van der Waals surface area contributed by atoms with E-state index in [4.69, 9.17) is 14.4 Å². The first kappa shape index (κ1) is 28.3. The summed E-state index contributed by atoms with van der Waals surface area (Å²) in [5, 5.41) is 4.65. The molecule has 0 saturated carbocycles. The Morgan fingerprint density at radius 1 is 0.400 bits per heavy atom. The number of furan rings is 1. The van der Waals surface area contributed by atoms with Crippen molar-refractivity contribution in [3.8, 4) is 50.7 Å². The molecule has 234 valence electrons. The summed E-state index contributed by atoms with van der Waals surface area (Å²) in [5.41, 5.74) is 12.2. The van der Waals surface area contributed by atoms with Crippen LogP contribution < -0.4 is 0 Å². The second kappa shape index (κ2) is 11.4. The summed E-state index contributed by atoms with van der Waals surface area (Å²) in [6, 6.07) is 61.4. The van der Waals surface area contributed by atoms with E-state index in [2.05, 4.69) is 144 Å². The van der Waals surface area contributed by atoms with Crippen LogP contribution in [0.4, 0.5) is 0 Å². The normalized spacial score (nSPS) is 11.6. The second-order valence-electron chi connectivity index (χ2n) is 12.6. The number of fused-ring (bicyclic) bond motifs is 6. The van der Waals surface area contributed by atoms with Gasteiger partial charge in [-0.1, -0.05) is 121 Å². The van der Waals surface area contributed by atoms with E-state index in [0.29, 0.717) is 5.82 Å². The van der Waals surface area contributed by atoms with Crippen LogP contribution in [0.5, 0.6) is 0 Å². The lowest BCUT2D eigenvalue weighted by Crippen LogP contribution is -1.96. The molecular formula is C46H29N3O. The Kier molecular flexibility index (Phi) is 6.46. The molecule has 0 spiro atoms. The number of nitrogens with zero attached hydrogens (tertiary/aromatic N) is 3. The summed E-state index contributed by atoms with van der Waals surface area (Å²) in [7, 11) is 0. The van der Waals surface area contributed by atoms with Crippen molar-refractivity contribution in [3.63, 3.8) is 0 Å². The Labute approximate surface area is 288 Å². The van der Waals surface area contributed by atoms with Gasteiger partial charge < -0.3 is 8.98 Å². The van der Waals surface area contributed by atoms with Gasteiger partial charge in [-0.05, 0) is 65.7 Å². The van der Waals surface area contributed by atoms with Crippen LogP contribution in [-0.2, 0) is 0 Å². The van der Waals surface area contributed by atoms with E-state index in [-0.39, 0.29) is 0 Å². The number of para-hydroxylation sites is 3. The first-order valence-electron chi connectivity index (χ1n) is 16.8. The molecule has 0 N–H and O–H groups in total. The standard InChI is InChI=1S/C46H29N3O/c1-3-13-30(14-4-1)39-29-40(32-25-26-37-36-19-8-10-24-43(36)50-44(37)28-32)48-46(47-39)33-16-11-15-31(27-33)35-21-12-23-42-45(35)38-20-7-9-22-41(38)49(42)34-17-5-2-6-18-34/h1-29H. The van der Waals surface area contributed by atoms with Gasteiger partial charge in [0.25, 0.3) is 0 Å². The molecule has 0 bridgehead atoms. The van der Waals surface area contributed by atoms with Crippen LogP contribution in [-0.4, -0.2) is 14.5 Å². The molecule has 0 aliphatic heterocycles. The maximum atomic E-state index is 6.26. The molecule has 3 aromatic heterocycles. The molecule has 7 aromatic carbocycles. The molecule has 0 fully saturated rings. The molecule has 0 aliphatic rings. The Bertz CT molecular complexity index is 2870. The molecule has 0 unspecified atom stereocenters. The van der Waals surface area contributed by atoms with Crippen molar-refractivity contribution in [1.29, 1.82) is 0 Å². The quantitative estimate of drug-likeness (QED) is 0.188. The highest BCUT2D eigenvalue weighted by atomic mass is 16.3. The van der Waals surface area contributed by atoms with Gasteiger partial charge in [0.2, 0.25) is 0 Å². The highest BCUT2D eigenvalue weighted by molar-refractivity contribution is 6.16. The highest BCUT2D eigenvalue weighted by Gasteiger charge is 2.18. The number of rotatable bonds is 5. The molecule has 10 aromatic rings. The van der Waals surface area contributed by atoms with Crippen molar-refractivity contribution in [2.45, 2.75) is 0 Å². The van der Waals surface area contributed by atoms with E-state index in [1.165, 1.54) is 27.4 Å². The van der Waals surface area contributed by atoms with Gasteiger partial charge in [-0.3, -0.25) is 0 Å². The molecule has 0 aliphatic carbocycles. The van der Waals surface area contributed by atoms with Crippen LogP contribution in [0.15, 0.2) is 180 Å². The van der Waals surface area contributed by atoms with Crippen LogP contribution in [0.25, 0.3) is 94.5 Å². The van der Waals surface area contributed by atoms with E-state index in [1.54, 1.807) is 0 Å². The van der Waals surface area contributed by atoms with Gasteiger partial charge in [-0.15, -0.1) is 0 Å². The minimum Gasteiger partial charge on any atom is -0.456 e. The van der Waals surface area contributed by atoms with Crippen LogP contribution >= 0.6 is 0 Å². The topological polar surface area (TPSA) is 43.9 Å². The van der Waals surface area contributed by atoms with E-state index < -0.39 is 0 Å².